The van der Waals surface area contributed by atoms with Gasteiger partial charge in [-0.2, -0.15) is 0 Å². The van der Waals surface area contributed by atoms with Crippen molar-refractivity contribution in [2.75, 3.05) is 5.32 Å². The van der Waals surface area contributed by atoms with Crippen molar-refractivity contribution in [3.8, 4) is 0 Å². The van der Waals surface area contributed by atoms with Crippen molar-refractivity contribution in [3.05, 3.63) is 41.8 Å². The van der Waals surface area contributed by atoms with Gasteiger partial charge in [-0.3, -0.25) is 0 Å². The van der Waals surface area contributed by atoms with E-state index in [-0.39, 0.29) is 0 Å². The lowest BCUT2D eigenvalue weighted by atomic mass is 9.99. The van der Waals surface area contributed by atoms with E-state index in [4.69, 9.17) is 4.52 Å². The monoisotopic (exact) mass is 284 g/mol. The molecule has 0 aliphatic heterocycles. The summed E-state index contributed by atoms with van der Waals surface area (Å²) in [4.78, 5) is 7.71. The van der Waals surface area contributed by atoms with E-state index in [1.54, 1.807) is 0 Å². The van der Waals surface area contributed by atoms with Crippen molar-refractivity contribution in [2.45, 2.75) is 39.2 Å². The number of hydrogen-bond acceptors (Lipinski definition) is 4. The fraction of sp³-hybridized carbons (Fsp3) is 0.375. The number of H-pyrrole nitrogens is 1. The number of aromatic nitrogens is 3. The number of rotatable bonds is 6. The highest BCUT2D eigenvalue weighted by atomic mass is 16.5. The lowest BCUT2D eigenvalue weighted by Gasteiger charge is -2.05. The van der Waals surface area contributed by atoms with Crippen LogP contribution in [-0.4, -0.2) is 15.1 Å². The van der Waals surface area contributed by atoms with Gasteiger partial charge in [0, 0.05) is 12.0 Å². The van der Waals surface area contributed by atoms with E-state index in [9.17, 15) is 0 Å². The van der Waals surface area contributed by atoms with Gasteiger partial charge in [-0.25, -0.2) is 4.98 Å². The highest BCUT2D eigenvalue weighted by molar-refractivity contribution is 5.77. The molecular formula is C16H20N4O. The Hall–Kier alpha value is -2.30. The number of fused-ring (bicyclic) bond motifs is 1. The maximum absolute atomic E-state index is 5.39. The molecule has 0 fully saturated rings. The van der Waals surface area contributed by atoms with Crippen LogP contribution < -0.4 is 5.32 Å². The van der Waals surface area contributed by atoms with E-state index < -0.39 is 0 Å². The fourth-order valence-electron chi connectivity index (χ4n) is 2.52. The number of nitrogens with one attached hydrogen (secondary N) is 2. The van der Waals surface area contributed by atoms with Crippen LogP contribution in [0.25, 0.3) is 11.0 Å². The van der Waals surface area contributed by atoms with Crippen molar-refractivity contribution < 1.29 is 4.52 Å². The standard InChI is InChI=1S/C16H20N4O/c1-3-11(4-2)15-9-12(21-20-15)10-17-16-18-13-7-5-6-8-14(13)19-16/h5-9,11H,3-4,10H2,1-2H3,(H2,17,18,19). The van der Waals surface area contributed by atoms with Crippen LogP contribution in [0.15, 0.2) is 34.9 Å². The molecule has 0 atom stereocenters. The fourth-order valence-corrected chi connectivity index (χ4v) is 2.52. The van der Waals surface area contributed by atoms with Crippen molar-refractivity contribution in [1.82, 2.24) is 15.1 Å². The highest BCUT2D eigenvalue weighted by Crippen LogP contribution is 2.22. The first-order valence-electron chi connectivity index (χ1n) is 7.44. The van der Waals surface area contributed by atoms with E-state index in [2.05, 4.69) is 34.3 Å². The van der Waals surface area contributed by atoms with E-state index in [1.807, 2.05) is 30.3 Å². The predicted molar refractivity (Wildman–Crippen MR) is 83.2 cm³/mol. The van der Waals surface area contributed by atoms with Gasteiger partial charge in [-0.15, -0.1) is 0 Å². The van der Waals surface area contributed by atoms with Crippen molar-refractivity contribution >= 4 is 17.0 Å². The molecule has 0 unspecified atom stereocenters. The molecule has 0 amide bonds. The van der Waals surface area contributed by atoms with Crippen LogP contribution in [0.4, 0.5) is 5.95 Å². The van der Waals surface area contributed by atoms with Crippen molar-refractivity contribution in [2.24, 2.45) is 0 Å². The maximum Gasteiger partial charge on any atom is 0.201 e. The molecule has 0 spiro atoms. The molecule has 1 aromatic carbocycles. The molecule has 21 heavy (non-hydrogen) atoms. The molecule has 2 heterocycles. The number of hydrogen-bond donors (Lipinski definition) is 2. The van der Waals surface area contributed by atoms with E-state index in [0.717, 1.165) is 41.3 Å². The molecule has 0 saturated carbocycles. The third kappa shape index (κ3) is 2.91. The van der Waals surface area contributed by atoms with Crippen LogP contribution in [0.2, 0.25) is 0 Å². The molecule has 0 saturated heterocycles. The second-order valence-corrected chi connectivity index (χ2v) is 5.19. The van der Waals surface area contributed by atoms with Crippen LogP contribution in [0.3, 0.4) is 0 Å². The summed E-state index contributed by atoms with van der Waals surface area (Å²) in [5, 5.41) is 7.41. The van der Waals surface area contributed by atoms with E-state index in [1.165, 1.54) is 0 Å². The molecule has 0 aliphatic rings. The second kappa shape index (κ2) is 5.99. The number of imidazole rings is 1. The lowest BCUT2D eigenvalue weighted by molar-refractivity contribution is 0.374. The van der Waals surface area contributed by atoms with Crippen LogP contribution in [0.5, 0.6) is 0 Å². The average Bonchev–Trinajstić information content (AvgIpc) is 3.12. The molecule has 0 bridgehead atoms. The molecule has 2 aromatic heterocycles. The molecule has 0 radical (unpaired) electrons. The minimum absolute atomic E-state index is 0.480. The zero-order valence-electron chi connectivity index (χ0n) is 12.4. The molecule has 0 aliphatic carbocycles. The van der Waals surface area contributed by atoms with Crippen molar-refractivity contribution in [3.63, 3.8) is 0 Å². The van der Waals surface area contributed by atoms with Crippen LogP contribution in [-0.2, 0) is 6.54 Å². The topological polar surface area (TPSA) is 66.7 Å². The number of para-hydroxylation sites is 2. The van der Waals surface area contributed by atoms with Gasteiger partial charge in [0.25, 0.3) is 0 Å². The quantitative estimate of drug-likeness (QED) is 0.716. The zero-order chi connectivity index (χ0) is 14.7. The molecule has 5 nitrogen and oxygen atoms in total. The molecular weight excluding hydrogens is 264 g/mol. The number of nitrogens with zero attached hydrogens (tertiary/aromatic N) is 2. The smallest absolute Gasteiger partial charge is 0.201 e. The van der Waals surface area contributed by atoms with Gasteiger partial charge in [-0.1, -0.05) is 31.1 Å². The highest BCUT2D eigenvalue weighted by Gasteiger charge is 2.13. The third-order valence-corrected chi connectivity index (χ3v) is 3.80. The summed E-state index contributed by atoms with van der Waals surface area (Å²) in [6, 6.07) is 9.99. The Morgan fingerprint density at radius 1 is 1.24 bits per heavy atom. The van der Waals surface area contributed by atoms with E-state index in [0.29, 0.717) is 12.5 Å². The summed E-state index contributed by atoms with van der Waals surface area (Å²) in [5.74, 6) is 2.06. The van der Waals surface area contributed by atoms with Gasteiger partial charge in [-0.05, 0) is 25.0 Å². The van der Waals surface area contributed by atoms with Crippen LogP contribution in [0, 0.1) is 0 Å². The van der Waals surface area contributed by atoms with Gasteiger partial charge in [0.2, 0.25) is 5.95 Å². The van der Waals surface area contributed by atoms with E-state index >= 15 is 0 Å². The van der Waals surface area contributed by atoms with Gasteiger partial charge in [0.1, 0.15) is 0 Å². The average molecular weight is 284 g/mol. The lowest BCUT2D eigenvalue weighted by Crippen LogP contribution is -1.99. The summed E-state index contributed by atoms with van der Waals surface area (Å²) in [5.41, 5.74) is 3.02. The first-order valence-corrected chi connectivity index (χ1v) is 7.44. The maximum atomic E-state index is 5.39. The Morgan fingerprint density at radius 2 is 2.05 bits per heavy atom. The molecule has 2 N–H and O–H groups in total. The van der Waals surface area contributed by atoms with Gasteiger partial charge in [0.15, 0.2) is 5.76 Å². The van der Waals surface area contributed by atoms with Crippen LogP contribution in [0.1, 0.15) is 44.1 Å². The van der Waals surface area contributed by atoms with Crippen LogP contribution >= 0.6 is 0 Å². The first kappa shape index (κ1) is 13.7. The summed E-state index contributed by atoms with van der Waals surface area (Å²) in [6.07, 6.45) is 2.17. The summed E-state index contributed by atoms with van der Waals surface area (Å²) in [7, 11) is 0. The van der Waals surface area contributed by atoms with Gasteiger partial charge >= 0.3 is 0 Å². The Labute approximate surface area is 123 Å². The second-order valence-electron chi connectivity index (χ2n) is 5.19. The predicted octanol–water partition coefficient (Wildman–Crippen LogP) is 4.07. The van der Waals surface area contributed by atoms with Gasteiger partial charge in [0.05, 0.1) is 23.3 Å². The minimum atomic E-state index is 0.480. The summed E-state index contributed by atoms with van der Waals surface area (Å²) in [6.45, 7) is 4.93. The molecule has 5 heteroatoms. The Balaban J connectivity index is 1.67. The largest absolute Gasteiger partial charge is 0.359 e. The van der Waals surface area contributed by atoms with Crippen molar-refractivity contribution in [1.29, 1.82) is 0 Å². The normalized spacial score (nSPS) is 11.4. The Bertz CT molecular complexity index is 679. The van der Waals surface area contributed by atoms with Gasteiger partial charge < -0.3 is 14.8 Å². The Morgan fingerprint density at radius 3 is 2.81 bits per heavy atom. The Kier molecular flexibility index (Phi) is 3.90. The SMILES string of the molecule is CCC(CC)c1cc(CNc2nc3ccccc3[nH]2)on1. The minimum Gasteiger partial charge on any atom is -0.359 e. The summed E-state index contributed by atoms with van der Waals surface area (Å²) >= 11 is 0. The molecule has 3 rings (SSSR count). The zero-order valence-corrected chi connectivity index (χ0v) is 12.4. The third-order valence-electron chi connectivity index (χ3n) is 3.80. The number of aromatic amines is 1. The summed E-state index contributed by atoms with van der Waals surface area (Å²) < 4.78 is 5.39. The molecule has 3 aromatic rings. The number of anilines is 1. The first-order chi connectivity index (χ1) is 10.3. The molecule has 110 valence electrons. The number of benzene rings is 1.